The highest BCUT2D eigenvalue weighted by Gasteiger charge is 2.24. The van der Waals surface area contributed by atoms with Crippen LogP contribution >= 0.6 is 0 Å². The van der Waals surface area contributed by atoms with E-state index in [4.69, 9.17) is 0 Å². The molecule has 4 rings (SSSR count). The molecule has 1 aromatic carbocycles. The second-order valence-electron chi connectivity index (χ2n) is 8.45. The highest BCUT2D eigenvalue weighted by atomic mass is 16.3. The Balaban J connectivity index is 1.46. The van der Waals surface area contributed by atoms with Crippen LogP contribution in [0.2, 0.25) is 0 Å². The number of nitrogens with zero attached hydrogens (tertiary/aromatic N) is 4. The molecule has 30 heavy (non-hydrogen) atoms. The van der Waals surface area contributed by atoms with Crippen molar-refractivity contribution in [3.05, 3.63) is 59.3 Å². The van der Waals surface area contributed by atoms with Crippen LogP contribution in [0.5, 0.6) is 0 Å². The SMILES string of the molecule is CC(C)(C)c1nnc2c(C(=O)NCCCc3nc4ccccc4[nH]3)cc(CO)cn12. The maximum absolute atomic E-state index is 12.8. The predicted octanol–water partition coefficient (Wildman–Crippen LogP) is 2.76. The standard InChI is InChI=1S/C22H26N6O2/c1-22(2,3)21-27-26-19-15(11-14(13-29)12-28(19)21)20(30)23-10-6-9-18-24-16-7-4-5-8-17(16)25-18/h4-5,7-8,11-12,29H,6,9-10,13H2,1-3H3,(H,23,30)(H,24,25). The molecular weight excluding hydrogens is 380 g/mol. The predicted molar refractivity (Wildman–Crippen MR) is 114 cm³/mol. The smallest absolute Gasteiger partial charge is 0.255 e. The Morgan fingerprint density at radius 1 is 1.23 bits per heavy atom. The third kappa shape index (κ3) is 3.91. The highest BCUT2D eigenvalue weighted by Crippen LogP contribution is 2.23. The zero-order valence-corrected chi connectivity index (χ0v) is 17.4. The molecular formula is C22H26N6O2. The molecule has 0 fully saturated rings. The minimum atomic E-state index is -0.242. The fraction of sp³-hybridized carbons (Fsp3) is 0.364. The van der Waals surface area contributed by atoms with E-state index in [2.05, 4.69) is 25.5 Å². The Bertz CT molecular complexity index is 1170. The lowest BCUT2D eigenvalue weighted by atomic mass is 9.96. The van der Waals surface area contributed by atoms with Crippen molar-refractivity contribution < 1.29 is 9.90 Å². The summed E-state index contributed by atoms with van der Waals surface area (Å²) in [5.74, 6) is 1.42. The molecule has 1 amide bonds. The molecule has 0 aliphatic heterocycles. The molecule has 0 radical (unpaired) electrons. The van der Waals surface area contributed by atoms with Crippen LogP contribution in [0.25, 0.3) is 16.7 Å². The van der Waals surface area contributed by atoms with Crippen LogP contribution in [0.3, 0.4) is 0 Å². The van der Waals surface area contributed by atoms with Crippen molar-refractivity contribution in [2.24, 2.45) is 0 Å². The minimum Gasteiger partial charge on any atom is -0.392 e. The molecule has 0 saturated heterocycles. The number of benzene rings is 1. The summed E-state index contributed by atoms with van der Waals surface area (Å²) in [4.78, 5) is 20.7. The number of rotatable bonds is 6. The van der Waals surface area contributed by atoms with Gasteiger partial charge in [0.05, 0.1) is 23.2 Å². The lowest BCUT2D eigenvalue weighted by Crippen LogP contribution is -2.26. The number of hydrogen-bond acceptors (Lipinski definition) is 5. The van der Waals surface area contributed by atoms with E-state index in [1.807, 2.05) is 45.0 Å². The maximum Gasteiger partial charge on any atom is 0.255 e. The summed E-state index contributed by atoms with van der Waals surface area (Å²) in [7, 11) is 0. The van der Waals surface area contributed by atoms with Gasteiger partial charge in [-0.1, -0.05) is 32.9 Å². The molecule has 0 atom stereocenters. The summed E-state index contributed by atoms with van der Waals surface area (Å²) >= 11 is 0. The molecule has 0 aliphatic carbocycles. The first-order valence-electron chi connectivity index (χ1n) is 10.1. The van der Waals surface area contributed by atoms with Gasteiger partial charge < -0.3 is 15.4 Å². The van der Waals surface area contributed by atoms with Gasteiger partial charge in [0.1, 0.15) is 11.6 Å². The fourth-order valence-corrected chi connectivity index (χ4v) is 3.49. The molecule has 0 spiro atoms. The van der Waals surface area contributed by atoms with Crippen molar-refractivity contribution in [3.8, 4) is 0 Å². The van der Waals surface area contributed by atoms with Gasteiger partial charge in [-0.05, 0) is 30.2 Å². The summed E-state index contributed by atoms with van der Waals surface area (Å²) in [5, 5.41) is 21.1. The molecule has 3 heterocycles. The number of amides is 1. The number of carbonyl (C=O) groups excluding carboxylic acids is 1. The number of carbonyl (C=O) groups is 1. The number of hydrogen-bond donors (Lipinski definition) is 3. The number of para-hydroxylation sites is 2. The summed E-state index contributed by atoms with van der Waals surface area (Å²) in [6, 6.07) is 9.58. The number of aliphatic hydroxyl groups is 1. The van der Waals surface area contributed by atoms with Crippen LogP contribution in [0, 0.1) is 0 Å². The molecule has 0 saturated carbocycles. The number of pyridine rings is 1. The number of aromatic nitrogens is 5. The molecule has 0 bridgehead atoms. The van der Waals surface area contributed by atoms with E-state index in [0.717, 1.165) is 35.5 Å². The number of H-pyrrole nitrogens is 1. The van der Waals surface area contributed by atoms with Gasteiger partial charge in [-0.15, -0.1) is 10.2 Å². The van der Waals surface area contributed by atoms with Crippen LogP contribution in [0.4, 0.5) is 0 Å². The van der Waals surface area contributed by atoms with E-state index in [-0.39, 0.29) is 17.9 Å². The molecule has 0 aliphatic rings. The van der Waals surface area contributed by atoms with Crippen molar-refractivity contribution in [1.29, 1.82) is 0 Å². The van der Waals surface area contributed by atoms with Crippen LogP contribution in [-0.2, 0) is 18.4 Å². The van der Waals surface area contributed by atoms with Gasteiger partial charge in [0.2, 0.25) is 0 Å². The first kappa shape index (κ1) is 20.0. The van der Waals surface area contributed by atoms with Crippen LogP contribution in [-0.4, -0.2) is 42.1 Å². The van der Waals surface area contributed by atoms with Crippen molar-refractivity contribution in [1.82, 2.24) is 29.9 Å². The molecule has 8 nitrogen and oxygen atoms in total. The number of imidazole rings is 1. The van der Waals surface area contributed by atoms with E-state index in [9.17, 15) is 9.90 Å². The third-order valence-electron chi connectivity index (χ3n) is 4.97. The first-order chi connectivity index (χ1) is 14.4. The van der Waals surface area contributed by atoms with Gasteiger partial charge in [-0.2, -0.15) is 0 Å². The maximum atomic E-state index is 12.8. The van der Waals surface area contributed by atoms with E-state index in [1.54, 1.807) is 16.7 Å². The van der Waals surface area contributed by atoms with Crippen molar-refractivity contribution in [2.45, 2.75) is 45.6 Å². The Hall–Kier alpha value is -3.26. The van der Waals surface area contributed by atoms with Gasteiger partial charge in [0, 0.05) is 24.6 Å². The molecule has 156 valence electrons. The molecule has 3 aromatic heterocycles. The largest absolute Gasteiger partial charge is 0.392 e. The zero-order valence-electron chi connectivity index (χ0n) is 17.4. The summed E-state index contributed by atoms with van der Waals surface area (Å²) in [6.07, 6.45) is 3.27. The van der Waals surface area contributed by atoms with Crippen LogP contribution < -0.4 is 5.32 Å². The Morgan fingerprint density at radius 3 is 2.77 bits per heavy atom. The number of nitrogens with one attached hydrogen (secondary N) is 2. The fourth-order valence-electron chi connectivity index (χ4n) is 3.49. The summed E-state index contributed by atoms with van der Waals surface area (Å²) in [5.41, 5.74) is 3.26. The van der Waals surface area contributed by atoms with Crippen molar-refractivity contribution in [3.63, 3.8) is 0 Å². The average Bonchev–Trinajstić information content (AvgIpc) is 3.33. The zero-order chi connectivity index (χ0) is 21.3. The van der Waals surface area contributed by atoms with Crippen molar-refractivity contribution >= 4 is 22.6 Å². The van der Waals surface area contributed by atoms with E-state index >= 15 is 0 Å². The number of aromatic amines is 1. The van der Waals surface area contributed by atoms with Gasteiger partial charge in [-0.25, -0.2) is 4.98 Å². The monoisotopic (exact) mass is 406 g/mol. The number of aryl methyl sites for hydroxylation is 1. The number of aliphatic hydroxyl groups excluding tert-OH is 1. The molecule has 0 unspecified atom stereocenters. The minimum absolute atomic E-state index is 0.163. The molecule has 4 aromatic rings. The van der Waals surface area contributed by atoms with Crippen LogP contribution in [0.1, 0.15) is 54.8 Å². The van der Waals surface area contributed by atoms with E-state index in [0.29, 0.717) is 23.3 Å². The normalized spacial score (nSPS) is 12.0. The quantitative estimate of drug-likeness (QED) is 0.427. The van der Waals surface area contributed by atoms with E-state index in [1.165, 1.54) is 0 Å². The summed E-state index contributed by atoms with van der Waals surface area (Å²) < 4.78 is 1.80. The van der Waals surface area contributed by atoms with Gasteiger partial charge in [0.25, 0.3) is 5.91 Å². The van der Waals surface area contributed by atoms with Gasteiger partial charge >= 0.3 is 0 Å². The number of fused-ring (bicyclic) bond motifs is 2. The van der Waals surface area contributed by atoms with Crippen LogP contribution in [0.15, 0.2) is 36.5 Å². The molecule has 3 N–H and O–H groups in total. The lowest BCUT2D eigenvalue weighted by molar-refractivity contribution is 0.0954. The third-order valence-corrected chi connectivity index (χ3v) is 4.97. The Morgan fingerprint density at radius 2 is 2.03 bits per heavy atom. The molecule has 8 heteroatoms. The topological polar surface area (TPSA) is 108 Å². The second-order valence-corrected chi connectivity index (χ2v) is 8.45. The second kappa shape index (κ2) is 7.87. The van der Waals surface area contributed by atoms with Gasteiger partial charge in [0.15, 0.2) is 5.65 Å². The van der Waals surface area contributed by atoms with Gasteiger partial charge in [-0.3, -0.25) is 9.20 Å². The Labute approximate surface area is 174 Å². The highest BCUT2D eigenvalue weighted by molar-refractivity contribution is 6.00. The lowest BCUT2D eigenvalue weighted by Gasteiger charge is -2.16. The summed E-state index contributed by atoms with van der Waals surface area (Å²) in [6.45, 7) is 6.45. The van der Waals surface area contributed by atoms with Crippen molar-refractivity contribution in [2.75, 3.05) is 6.54 Å². The average molecular weight is 406 g/mol. The first-order valence-corrected chi connectivity index (χ1v) is 10.1. The Kier molecular flexibility index (Phi) is 5.26. The van der Waals surface area contributed by atoms with E-state index < -0.39 is 0 Å².